The summed E-state index contributed by atoms with van der Waals surface area (Å²) in [5.74, 6) is 0.350. The van der Waals surface area contributed by atoms with Crippen LogP contribution in [0.25, 0.3) is 0 Å². The largest absolute Gasteiger partial charge is 0.508 e. The predicted molar refractivity (Wildman–Crippen MR) is 61.9 cm³/mol. The number of phenolic OH excluding ortho intramolecular Hbond substituents is 1. The minimum Gasteiger partial charge on any atom is -0.508 e. The van der Waals surface area contributed by atoms with E-state index in [1.165, 1.54) is 31.2 Å². The number of rotatable bonds is 3. The van der Waals surface area contributed by atoms with E-state index in [0.717, 1.165) is 6.54 Å². The molecule has 0 radical (unpaired) electrons. The normalized spacial score (nSPS) is 25.7. The van der Waals surface area contributed by atoms with Crippen LogP contribution in [0, 0.1) is 0 Å². The van der Waals surface area contributed by atoms with Crippen LogP contribution >= 0.6 is 0 Å². The maximum Gasteiger partial charge on any atom is 0.115 e. The molecule has 2 N–H and O–H groups in total. The highest BCUT2D eigenvalue weighted by atomic mass is 16.3. The summed E-state index contributed by atoms with van der Waals surface area (Å²) in [5, 5.41) is 12.9. The van der Waals surface area contributed by atoms with Gasteiger partial charge in [-0.25, -0.2) is 0 Å². The first-order valence-electron chi connectivity index (χ1n) is 5.81. The Kier molecular flexibility index (Phi) is 2.96. The minimum atomic E-state index is 0.169. The van der Waals surface area contributed by atoms with Crippen molar-refractivity contribution in [1.82, 2.24) is 5.32 Å². The van der Waals surface area contributed by atoms with Gasteiger partial charge in [0.1, 0.15) is 5.75 Å². The lowest BCUT2D eigenvalue weighted by Gasteiger charge is -2.30. The molecule has 0 bridgehead atoms. The molecule has 1 fully saturated rings. The molecule has 15 heavy (non-hydrogen) atoms. The Morgan fingerprint density at radius 1 is 1.33 bits per heavy atom. The van der Waals surface area contributed by atoms with Gasteiger partial charge in [-0.2, -0.15) is 0 Å². The van der Waals surface area contributed by atoms with E-state index in [4.69, 9.17) is 0 Å². The Bertz CT molecular complexity index is 312. The van der Waals surface area contributed by atoms with E-state index in [9.17, 15) is 5.11 Å². The molecule has 2 heteroatoms. The predicted octanol–water partition coefficient (Wildman–Crippen LogP) is 2.77. The van der Waals surface area contributed by atoms with Crippen LogP contribution in [-0.4, -0.2) is 11.7 Å². The average molecular weight is 205 g/mol. The lowest BCUT2D eigenvalue weighted by molar-refractivity contribution is 0.355. The molecule has 2 rings (SSSR count). The molecule has 0 amide bonds. The first-order valence-corrected chi connectivity index (χ1v) is 5.81. The van der Waals surface area contributed by atoms with Crippen molar-refractivity contribution in [2.45, 2.75) is 38.1 Å². The zero-order chi connectivity index (χ0) is 10.7. The number of hydrogen-bond donors (Lipinski definition) is 2. The van der Waals surface area contributed by atoms with E-state index in [-0.39, 0.29) is 5.54 Å². The third kappa shape index (κ3) is 2.00. The molecule has 0 aliphatic carbocycles. The van der Waals surface area contributed by atoms with Gasteiger partial charge in [0.05, 0.1) is 0 Å². The molecular weight excluding hydrogens is 186 g/mol. The molecule has 1 unspecified atom stereocenters. The fourth-order valence-corrected chi connectivity index (χ4v) is 2.62. The van der Waals surface area contributed by atoms with Crippen LogP contribution in [-0.2, 0) is 5.54 Å². The van der Waals surface area contributed by atoms with Gasteiger partial charge >= 0.3 is 0 Å². The van der Waals surface area contributed by atoms with Crippen LogP contribution in [0.15, 0.2) is 24.3 Å². The van der Waals surface area contributed by atoms with Crippen molar-refractivity contribution in [3.8, 4) is 5.75 Å². The maximum atomic E-state index is 9.29. The van der Waals surface area contributed by atoms with Gasteiger partial charge in [-0.05, 0) is 43.5 Å². The second kappa shape index (κ2) is 4.23. The summed E-state index contributed by atoms with van der Waals surface area (Å²) in [5.41, 5.74) is 1.49. The smallest absolute Gasteiger partial charge is 0.115 e. The van der Waals surface area contributed by atoms with Crippen LogP contribution in [0.4, 0.5) is 0 Å². The molecule has 1 aliphatic rings. The molecule has 82 valence electrons. The van der Waals surface area contributed by atoms with Gasteiger partial charge in [-0.15, -0.1) is 0 Å². The summed E-state index contributed by atoms with van der Waals surface area (Å²) in [6.07, 6.45) is 4.83. The van der Waals surface area contributed by atoms with Gasteiger partial charge in [0, 0.05) is 5.54 Å². The standard InChI is InChI=1S/C13H19NO/c1-2-8-13(9-3-10-14-13)11-4-6-12(15)7-5-11/h4-7,14-15H,2-3,8-10H2,1H3. The number of aromatic hydroxyl groups is 1. The van der Waals surface area contributed by atoms with Gasteiger partial charge in [0.15, 0.2) is 0 Å². The molecule has 0 aromatic heterocycles. The molecule has 0 spiro atoms. The molecule has 1 aromatic rings. The Morgan fingerprint density at radius 2 is 2.07 bits per heavy atom. The second-order valence-corrected chi connectivity index (χ2v) is 4.41. The molecule has 1 aromatic carbocycles. The van der Waals surface area contributed by atoms with Gasteiger partial charge in [0.25, 0.3) is 0 Å². The maximum absolute atomic E-state index is 9.29. The SMILES string of the molecule is CCCC1(c2ccc(O)cc2)CCCN1. The molecule has 2 nitrogen and oxygen atoms in total. The van der Waals surface area contributed by atoms with Crippen molar-refractivity contribution in [3.63, 3.8) is 0 Å². The Morgan fingerprint density at radius 3 is 2.60 bits per heavy atom. The number of phenols is 1. The molecule has 0 saturated carbocycles. The third-order valence-electron chi connectivity index (χ3n) is 3.34. The van der Waals surface area contributed by atoms with Crippen molar-refractivity contribution in [2.24, 2.45) is 0 Å². The van der Waals surface area contributed by atoms with Gasteiger partial charge in [-0.1, -0.05) is 25.5 Å². The van der Waals surface area contributed by atoms with Crippen molar-refractivity contribution in [3.05, 3.63) is 29.8 Å². The first kappa shape index (κ1) is 10.5. The fourth-order valence-electron chi connectivity index (χ4n) is 2.62. The highest BCUT2D eigenvalue weighted by Gasteiger charge is 2.33. The molecule has 1 heterocycles. The number of hydrogen-bond acceptors (Lipinski definition) is 2. The van der Waals surface area contributed by atoms with Crippen LogP contribution in [0.5, 0.6) is 5.75 Å². The van der Waals surface area contributed by atoms with Gasteiger partial charge in [-0.3, -0.25) is 0 Å². The summed E-state index contributed by atoms with van der Waals surface area (Å²) >= 11 is 0. The van der Waals surface area contributed by atoms with Crippen molar-refractivity contribution in [1.29, 1.82) is 0 Å². The Labute approximate surface area is 91.3 Å². The molecule has 1 aliphatic heterocycles. The van der Waals surface area contributed by atoms with E-state index in [2.05, 4.69) is 12.2 Å². The molecular formula is C13H19NO. The van der Waals surface area contributed by atoms with Crippen LogP contribution in [0.3, 0.4) is 0 Å². The number of benzene rings is 1. The van der Waals surface area contributed by atoms with E-state index < -0.39 is 0 Å². The minimum absolute atomic E-state index is 0.169. The van der Waals surface area contributed by atoms with Crippen molar-refractivity contribution in [2.75, 3.05) is 6.54 Å². The van der Waals surface area contributed by atoms with Crippen molar-refractivity contribution < 1.29 is 5.11 Å². The van der Waals surface area contributed by atoms with E-state index in [0.29, 0.717) is 5.75 Å². The average Bonchev–Trinajstić information content (AvgIpc) is 2.69. The van der Waals surface area contributed by atoms with E-state index >= 15 is 0 Å². The molecule has 1 atom stereocenters. The van der Waals surface area contributed by atoms with Crippen LogP contribution < -0.4 is 5.32 Å². The first-order chi connectivity index (χ1) is 7.27. The summed E-state index contributed by atoms with van der Waals surface area (Å²) in [7, 11) is 0. The second-order valence-electron chi connectivity index (χ2n) is 4.41. The quantitative estimate of drug-likeness (QED) is 0.795. The zero-order valence-corrected chi connectivity index (χ0v) is 9.29. The lowest BCUT2D eigenvalue weighted by Crippen LogP contribution is -2.36. The summed E-state index contributed by atoms with van der Waals surface area (Å²) in [6.45, 7) is 3.34. The van der Waals surface area contributed by atoms with Gasteiger partial charge in [0.2, 0.25) is 0 Å². The highest BCUT2D eigenvalue weighted by molar-refractivity contribution is 5.31. The summed E-state index contributed by atoms with van der Waals surface area (Å²) in [4.78, 5) is 0. The third-order valence-corrected chi connectivity index (χ3v) is 3.34. The zero-order valence-electron chi connectivity index (χ0n) is 9.29. The van der Waals surface area contributed by atoms with Crippen LogP contribution in [0.2, 0.25) is 0 Å². The summed E-state index contributed by atoms with van der Waals surface area (Å²) < 4.78 is 0. The van der Waals surface area contributed by atoms with Gasteiger partial charge < -0.3 is 10.4 Å². The van der Waals surface area contributed by atoms with E-state index in [1.807, 2.05) is 12.1 Å². The highest BCUT2D eigenvalue weighted by Crippen LogP contribution is 2.35. The lowest BCUT2D eigenvalue weighted by atomic mass is 9.84. The number of nitrogens with one attached hydrogen (secondary N) is 1. The Hall–Kier alpha value is -1.02. The topological polar surface area (TPSA) is 32.3 Å². The monoisotopic (exact) mass is 205 g/mol. The van der Waals surface area contributed by atoms with E-state index in [1.54, 1.807) is 12.1 Å². The van der Waals surface area contributed by atoms with Crippen LogP contribution in [0.1, 0.15) is 38.2 Å². The van der Waals surface area contributed by atoms with Crippen molar-refractivity contribution >= 4 is 0 Å². The fraction of sp³-hybridized carbons (Fsp3) is 0.538. The Balaban J connectivity index is 2.28. The molecule has 1 saturated heterocycles. The summed E-state index contributed by atoms with van der Waals surface area (Å²) in [6, 6.07) is 7.66.